The van der Waals surface area contributed by atoms with E-state index >= 15 is 0 Å². The SMILES string of the molecule is N#Cc1c(Br)ccc(C(F)F)c1C(=O)O. The second-order valence-electron chi connectivity index (χ2n) is 2.60. The summed E-state index contributed by atoms with van der Waals surface area (Å²) < 4.78 is 25.1. The van der Waals surface area contributed by atoms with Crippen molar-refractivity contribution in [1.82, 2.24) is 0 Å². The third kappa shape index (κ3) is 2.13. The van der Waals surface area contributed by atoms with Gasteiger partial charge in [0.25, 0.3) is 6.43 Å². The number of carbonyl (C=O) groups is 1. The van der Waals surface area contributed by atoms with E-state index in [1.807, 2.05) is 0 Å². The largest absolute Gasteiger partial charge is 0.478 e. The molecule has 0 bridgehead atoms. The average molecular weight is 276 g/mol. The van der Waals surface area contributed by atoms with Crippen LogP contribution in [0.2, 0.25) is 0 Å². The normalized spacial score (nSPS) is 10.1. The molecule has 1 rings (SSSR count). The molecule has 15 heavy (non-hydrogen) atoms. The first kappa shape index (κ1) is 11.6. The van der Waals surface area contributed by atoms with Crippen LogP contribution < -0.4 is 0 Å². The van der Waals surface area contributed by atoms with E-state index in [2.05, 4.69) is 15.9 Å². The molecular weight excluding hydrogens is 272 g/mol. The van der Waals surface area contributed by atoms with E-state index in [0.29, 0.717) is 0 Å². The van der Waals surface area contributed by atoms with Crippen LogP contribution in [-0.2, 0) is 0 Å². The Kier molecular flexibility index (Phi) is 3.37. The quantitative estimate of drug-likeness (QED) is 0.903. The molecule has 6 heteroatoms. The van der Waals surface area contributed by atoms with Crippen molar-refractivity contribution in [1.29, 1.82) is 5.26 Å². The molecule has 1 aromatic carbocycles. The molecule has 0 aliphatic carbocycles. The first-order valence-electron chi connectivity index (χ1n) is 3.73. The zero-order chi connectivity index (χ0) is 11.6. The zero-order valence-electron chi connectivity index (χ0n) is 7.17. The molecule has 0 saturated heterocycles. The molecule has 0 aromatic heterocycles. The monoisotopic (exact) mass is 275 g/mol. The molecule has 0 radical (unpaired) electrons. The molecule has 1 aromatic rings. The van der Waals surface area contributed by atoms with Crippen LogP contribution in [0.1, 0.15) is 27.9 Å². The Bertz CT molecular complexity index is 454. The van der Waals surface area contributed by atoms with E-state index in [9.17, 15) is 13.6 Å². The van der Waals surface area contributed by atoms with E-state index in [1.165, 1.54) is 6.07 Å². The first-order chi connectivity index (χ1) is 6.99. The van der Waals surface area contributed by atoms with E-state index in [0.717, 1.165) is 6.07 Å². The Morgan fingerprint density at radius 2 is 2.13 bits per heavy atom. The molecule has 0 fully saturated rings. The van der Waals surface area contributed by atoms with Crippen molar-refractivity contribution in [2.24, 2.45) is 0 Å². The Morgan fingerprint density at radius 1 is 1.53 bits per heavy atom. The molecule has 0 unspecified atom stereocenters. The van der Waals surface area contributed by atoms with Gasteiger partial charge >= 0.3 is 5.97 Å². The number of aromatic carboxylic acids is 1. The van der Waals surface area contributed by atoms with Crippen LogP contribution in [-0.4, -0.2) is 11.1 Å². The Hall–Kier alpha value is -1.48. The number of nitriles is 1. The number of alkyl halides is 2. The van der Waals surface area contributed by atoms with Crippen LogP contribution >= 0.6 is 15.9 Å². The van der Waals surface area contributed by atoms with Crippen LogP contribution in [0.3, 0.4) is 0 Å². The van der Waals surface area contributed by atoms with Crippen molar-refractivity contribution in [3.8, 4) is 6.07 Å². The summed E-state index contributed by atoms with van der Waals surface area (Å²) in [6.07, 6.45) is -2.92. The number of halogens is 3. The van der Waals surface area contributed by atoms with E-state index in [4.69, 9.17) is 10.4 Å². The second-order valence-corrected chi connectivity index (χ2v) is 3.46. The fourth-order valence-electron chi connectivity index (χ4n) is 1.11. The lowest BCUT2D eigenvalue weighted by Crippen LogP contribution is -2.06. The van der Waals surface area contributed by atoms with Gasteiger partial charge in [0.05, 0.1) is 11.1 Å². The van der Waals surface area contributed by atoms with Crippen LogP contribution in [0.5, 0.6) is 0 Å². The molecular formula is C9H4BrF2NO2. The lowest BCUT2D eigenvalue weighted by atomic mass is 10.0. The van der Waals surface area contributed by atoms with Gasteiger partial charge in [0, 0.05) is 10.0 Å². The number of hydrogen-bond acceptors (Lipinski definition) is 2. The number of rotatable bonds is 2. The number of carboxylic acid groups (broad SMARTS) is 1. The van der Waals surface area contributed by atoms with Gasteiger partial charge in [-0.3, -0.25) is 0 Å². The standard InChI is InChI=1S/C9H4BrF2NO2/c10-6-2-1-4(8(11)12)7(9(14)15)5(6)3-13/h1-2,8H,(H,14,15). The molecule has 0 saturated carbocycles. The van der Waals surface area contributed by atoms with Gasteiger partial charge in [-0.15, -0.1) is 0 Å². The Balaban J connectivity index is 3.58. The zero-order valence-corrected chi connectivity index (χ0v) is 8.75. The summed E-state index contributed by atoms with van der Waals surface area (Å²) in [6.45, 7) is 0. The molecule has 0 heterocycles. The van der Waals surface area contributed by atoms with E-state index in [1.54, 1.807) is 6.07 Å². The van der Waals surface area contributed by atoms with E-state index in [-0.39, 0.29) is 10.0 Å². The minimum absolute atomic E-state index is 0.187. The third-order valence-corrected chi connectivity index (χ3v) is 2.41. The summed E-state index contributed by atoms with van der Waals surface area (Å²) in [4.78, 5) is 10.8. The van der Waals surface area contributed by atoms with Crippen molar-refractivity contribution >= 4 is 21.9 Å². The molecule has 3 nitrogen and oxygen atoms in total. The summed E-state index contributed by atoms with van der Waals surface area (Å²) in [5.41, 5.74) is -1.59. The van der Waals surface area contributed by atoms with Crippen molar-refractivity contribution in [2.45, 2.75) is 6.43 Å². The van der Waals surface area contributed by atoms with E-state index < -0.39 is 23.5 Å². The highest BCUT2D eigenvalue weighted by atomic mass is 79.9. The van der Waals surface area contributed by atoms with Crippen molar-refractivity contribution in [3.63, 3.8) is 0 Å². The van der Waals surface area contributed by atoms with Gasteiger partial charge in [-0.1, -0.05) is 6.07 Å². The Labute approximate surface area is 92.1 Å². The summed E-state index contributed by atoms with van der Waals surface area (Å²) in [5, 5.41) is 17.4. The minimum atomic E-state index is -2.92. The van der Waals surface area contributed by atoms with Gasteiger partial charge in [-0.25, -0.2) is 13.6 Å². The predicted octanol–water partition coefficient (Wildman–Crippen LogP) is 2.96. The van der Waals surface area contributed by atoms with Gasteiger partial charge in [0.2, 0.25) is 0 Å². The maximum Gasteiger partial charge on any atom is 0.337 e. The summed E-state index contributed by atoms with van der Waals surface area (Å²) in [5.74, 6) is -1.54. The molecule has 1 N–H and O–H groups in total. The van der Waals surface area contributed by atoms with Crippen LogP contribution in [0.15, 0.2) is 16.6 Å². The number of benzene rings is 1. The van der Waals surface area contributed by atoms with Crippen molar-refractivity contribution in [2.75, 3.05) is 0 Å². The van der Waals surface area contributed by atoms with Gasteiger partial charge < -0.3 is 5.11 Å². The van der Waals surface area contributed by atoms with Gasteiger partial charge in [-0.05, 0) is 22.0 Å². The smallest absolute Gasteiger partial charge is 0.337 e. The molecule has 0 aliphatic heterocycles. The maximum absolute atomic E-state index is 12.4. The highest BCUT2D eigenvalue weighted by molar-refractivity contribution is 9.10. The minimum Gasteiger partial charge on any atom is -0.478 e. The predicted molar refractivity (Wildman–Crippen MR) is 50.8 cm³/mol. The van der Waals surface area contributed by atoms with Gasteiger partial charge in [0.1, 0.15) is 6.07 Å². The number of nitrogens with zero attached hydrogens (tertiary/aromatic N) is 1. The van der Waals surface area contributed by atoms with Crippen molar-refractivity contribution < 1.29 is 18.7 Å². The van der Waals surface area contributed by atoms with Crippen LogP contribution in [0.25, 0.3) is 0 Å². The second kappa shape index (κ2) is 4.36. The maximum atomic E-state index is 12.4. The molecule has 0 amide bonds. The Morgan fingerprint density at radius 3 is 2.53 bits per heavy atom. The first-order valence-corrected chi connectivity index (χ1v) is 4.52. The number of hydrogen-bond donors (Lipinski definition) is 1. The fourth-order valence-corrected chi connectivity index (χ4v) is 1.53. The lowest BCUT2D eigenvalue weighted by molar-refractivity contribution is 0.0684. The summed E-state index contributed by atoms with van der Waals surface area (Å²) in [6, 6.07) is 3.79. The molecule has 0 atom stereocenters. The summed E-state index contributed by atoms with van der Waals surface area (Å²) in [7, 11) is 0. The third-order valence-electron chi connectivity index (χ3n) is 1.75. The topological polar surface area (TPSA) is 61.1 Å². The van der Waals surface area contributed by atoms with Crippen LogP contribution in [0, 0.1) is 11.3 Å². The fraction of sp³-hybridized carbons (Fsp3) is 0.111. The summed E-state index contributed by atoms with van der Waals surface area (Å²) >= 11 is 2.93. The van der Waals surface area contributed by atoms with Crippen LogP contribution in [0.4, 0.5) is 8.78 Å². The molecule has 78 valence electrons. The van der Waals surface area contributed by atoms with Gasteiger partial charge in [0.15, 0.2) is 0 Å². The average Bonchev–Trinajstić information content (AvgIpc) is 2.16. The highest BCUT2D eigenvalue weighted by Crippen LogP contribution is 2.29. The lowest BCUT2D eigenvalue weighted by Gasteiger charge is -2.07. The molecule has 0 aliphatic rings. The van der Waals surface area contributed by atoms with Crippen molar-refractivity contribution in [3.05, 3.63) is 33.3 Å². The van der Waals surface area contributed by atoms with Gasteiger partial charge in [-0.2, -0.15) is 5.26 Å². The molecule has 0 spiro atoms. The highest BCUT2D eigenvalue weighted by Gasteiger charge is 2.23. The number of carboxylic acids is 1.